The van der Waals surface area contributed by atoms with Gasteiger partial charge in [0.2, 0.25) is 0 Å². The highest BCUT2D eigenvalue weighted by Crippen LogP contribution is 2.30. The van der Waals surface area contributed by atoms with Gasteiger partial charge in [-0.25, -0.2) is 19.3 Å². The molecule has 0 aliphatic heterocycles. The number of carbonyl (C=O) groups excluding carboxylic acids is 2. The SMILES string of the molecule is COC(=O)N(C)C(=O)NC(C(=O)O)c1c(Cl)cccc1Cl. The van der Waals surface area contributed by atoms with Crippen LogP contribution in [-0.2, 0) is 9.53 Å². The number of nitrogens with one attached hydrogen (secondary N) is 1. The van der Waals surface area contributed by atoms with Crippen molar-refractivity contribution in [3.8, 4) is 0 Å². The summed E-state index contributed by atoms with van der Waals surface area (Å²) in [6, 6.07) is 1.94. The summed E-state index contributed by atoms with van der Waals surface area (Å²) in [5.74, 6) is -1.38. The van der Waals surface area contributed by atoms with Gasteiger partial charge in [-0.1, -0.05) is 29.3 Å². The summed E-state index contributed by atoms with van der Waals surface area (Å²) in [6.07, 6.45) is -0.943. The van der Waals surface area contributed by atoms with Crippen molar-refractivity contribution in [1.82, 2.24) is 10.2 Å². The molecule has 9 heteroatoms. The third-order valence-electron chi connectivity index (χ3n) is 2.56. The number of hydrogen-bond acceptors (Lipinski definition) is 4. The highest BCUT2D eigenvalue weighted by Gasteiger charge is 2.29. The Labute approximate surface area is 130 Å². The molecule has 0 heterocycles. The van der Waals surface area contributed by atoms with E-state index in [9.17, 15) is 19.5 Å². The molecule has 0 aliphatic carbocycles. The van der Waals surface area contributed by atoms with E-state index in [1.165, 1.54) is 18.2 Å². The summed E-state index contributed by atoms with van der Waals surface area (Å²) in [5.41, 5.74) is 0.0277. The number of halogens is 2. The number of methoxy groups -OCH3 is 1. The lowest BCUT2D eigenvalue weighted by molar-refractivity contribution is -0.139. The van der Waals surface area contributed by atoms with Crippen LogP contribution in [0.1, 0.15) is 11.6 Å². The lowest BCUT2D eigenvalue weighted by Crippen LogP contribution is -2.44. The molecule has 0 fully saturated rings. The first kappa shape index (κ1) is 17.1. The fourth-order valence-corrected chi connectivity index (χ4v) is 2.10. The van der Waals surface area contributed by atoms with Crippen LogP contribution in [0.4, 0.5) is 9.59 Å². The van der Waals surface area contributed by atoms with Crippen molar-refractivity contribution in [2.45, 2.75) is 6.04 Å². The third kappa shape index (κ3) is 3.99. The first-order valence-corrected chi connectivity index (χ1v) is 6.34. The first-order valence-electron chi connectivity index (χ1n) is 5.58. The van der Waals surface area contributed by atoms with Crippen LogP contribution < -0.4 is 5.32 Å². The second kappa shape index (κ2) is 7.14. The summed E-state index contributed by atoms with van der Waals surface area (Å²) < 4.78 is 4.35. The molecular weight excluding hydrogens is 323 g/mol. The van der Waals surface area contributed by atoms with E-state index in [-0.39, 0.29) is 15.6 Å². The van der Waals surface area contributed by atoms with Gasteiger partial charge in [-0.15, -0.1) is 0 Å². The number of urea groups is 1. The second-order valence-corrected chi connectivity index (χ2v) is 4.70. The summed E-state index contributed by atoms with van der Waals surface area (Å²) in [5, 5.41) is 11.5. The van der Waals surface area contributed by atoms with Crippen molar-refractivity contribution in [1.29, 1.82) is 0 Å². The van der Waals surface area contributed by atoms with Gasteiger partial charge in [-0.2, -0.15) is 0 Å². The van der Waals surface area contributed by atoms with E-state index in [1.54, 1.807) is 0 Å². The predicted octanol–water partition coefficient (Wildman–Crippen LogP) is 2.53. The van der Waals surface area contributed by atoms with E-state index in [2.05, 4.69) is 10.1 Å². The fraction of sp³-hybridized carbons (Fsp3) is 0.250. The highest BCUT2D eigenvalue weighted by molar-refractivity contribution is 6.36. The maximum atomic E-state index is 11.8. The average Bonchev–Trinajstić information content (AvgIpc) is 2.43. The van der Waals surface area contributed by atoms with Crippen LogP contribution in [0, 0.1) is 0 Å². The zero-order valence-electron chi connectivity index (χ0n) is 11.1. The molecule has 2 N–H and O–H groups in total. The molecule has 0 bridgehead atoms. The van der Waals surface area contributed by atoms with Crippen molar-refractivity contribution in [2.75, 3.05) is 14.2 Å². The largest absolute Gasteiger partial charge is 0.479 e. The number of carboxylic acid groups (broad SMARTS) is 1. The molecule has 114 valence electrons. The van der Waals surface area contributed by atoms with Crippen LogP contribution in [0.15, 0.2) is 18.2 Å². The normalized spacial score (nSPS) is 11.4. The number of aliphatic carboxylic acids is 1. The van der Waals surface area contributed by atoms with Gasteiger partial charge in [0.05, 0.1) is 7.11 Å². The Kier molecular flexibility index (Phi) is 5.80. The van der Waals surface area contributed by atoms with Gasteiger partial charge in [-0.05, 0) is 12.1 Å². The Bertz CT molecular complexity index is 559. The zero-order valence-corrected chi connectivity index (χ0v) is 12.6. The molecule has 0 aliphatic rings. The molecule has 1 aromatic carbocycles. The molecule has 0 saturated heterocycles. The first-order chi connectivity index (χ1) is 9.79. The molecule has 7 nitrogen and oxygen atoms in total. The molecule has 1 aromatic rings. The van der Waals surface area contributed by atoms with Crippen molar-refractivity contribution in [3.05, 3.63) is 33.8 Å². The van der Waals surface area contributed by atoms with E-state index in [0.717, 1.165) is 14.2 Å². The summed E-state index contributed by atoms with van der Waals surface area (Å²) in [6.45, 7) is 0. The minimum atomic E-state index is -1.51. The molecule has 0 spiro atoms. The van der Waals surface area contributed by atoms with Gasteiger partial charge in [0.25, 0.3) is 0 Å². The quantitative estimate of drug-likeness (QED) is 0.885. The average molecular weight is 335 g/mol. The van der Waals surface area contributed by atoms with Gasteiger partial charge in [0.1, 0.15) is 0 Å². The fourth-order valence-electron chi connectivity index (χ4n) is 1.48. The third-order valence-corrected chi connectivity index (χ3v) is 3.22. The monoisotopic (exact) mass is 334 g/mol. The van der Waals surface area contributed by atoms with Gasteiger partial charge in [0, 0.05) is 22.7 Å². The second-order valence-electron chi connectivity index (χ2n) is 3.89. The topological polar surface area (TPSA) is 95.9 Å². The molecule has 21 heavy (non-hydrogen) atoms. The number of rotatable bonds is 3. The van der Waals surface area contributed by atoms with E-state index < -0.39 is 24.1 Å². The molecule has 0 aromatic heterocycles. The minimum absolute atomic E-state index is 0.0277. The van der Waals surface area contributed by atoms with Gasteiger partial charge in [-0.3, -0.25) is 0 Å². The number of amides is 3. The van der Waals surface area contributed by atoms with E-state index in [0.29, 0.717) is 4.90 Å². The maximum Gasteiger partial charge on any atom is 0.417 e. The van der Waals surface area contributed by atoms with Gasteiger partial charge >= 0.3 is 18.1 Å². The predicted molar refractivity (Wildman–Crippen MR) is 75.5 cm³/mol. The smallest absolute Gasteiger partial charge is 0.417 e. The van der Waals surface area contributed by atoms with E-state index in [4.69, 9.17) is 23.2 Å². The minimum Gasteiger partial charge on any atom is -0.479 e. The standard InChI is InChI=1S/C12H12Cl2N2O5/c1-16(12(20)21-2)11(19)15-9(10(17)18)8-6(13)4-3-5-7(8)14/h3-5,9H,1-2H3,(H,15,19)(H,17,18). The van der Waals surface area contributed by atoms with E-state index >= 15 is 0 Å². The Balaban J connectivity index is 3.07. The molecule has 1 rings (SSSR count). The van der Waals surface area contributed by atoms with E-state index in [1.807, 2.05) is 0 Å². The van der Waals surface area contributed by atoms with Crippen LogP contribution in [0.3, 0.4) is 0 Å². The molecular formula is C12H12Cl2N2O5. The number of imide groups is 1. The number of carboxylic acids is 1. The Morgan fingerprint density at radius 1 is 1.29 bits per heavy atom. The molecule has 3 amide bonds. The van der Waals surface area contributed by atoms with Gasteiger partial charge in [0.15, 0.2) is 6.04 Å². The lowest BCUT2D eigenvalue weighted by atomic mass is 10.1. The van der Waals surface area contributed by atoms with Crippen molar-refractivity contribution < 1.29 is 24.2 Å². The van der Waals surface area contributed by atoms with Crippen LogP contribution in [0.5, 0.6) is 0 Å². The van der Waals surface area contributed by atoms with Crippen molar-refractivity contribution >= 4 is 41.3 Å². The van der Waals surface area contributed by atoms with Crippen molar-refractivity contribution in [3.63, 3.8) is 0 Å². The summed E-state index contributed by atoms with van der Waals surface area (Å²) in [7, 11) is 2.22. The Hall–Kier alpha value is -1.99. The van der Waals surface area contributed by atoms with Crippen LogP contribution in [0.25, 0.3) is 0 Å². The number of carbonyl (C=O) groups is 3. The number of nitrogens with zero attached hydrogens (tertiary/aromatic N) is 1. The maximum absolute atomic E-state index is 11.8. The molecule has 1 atom stereocenters. The Morgan fingerprint density at radius 2 is 1.81 bits per heavy atom. The van der Waals surface area contributed by atoms with Crippen LogP contribution in [-0.4, -0.2) is 42.3 Å². The number of ether oxygens (including phenoxy) is 1. The zero-order chi connectivity index (χ0) is 16.2. The summed E-state index contributed by atoms with van der Waals surface area (Å²) in [4.78, 5) is 35.0. The van der Waals surface area contributed by atoms with Crippen LogP contribution >= 0.6 is 23.2 Å². The number of hydrogen-bond donors (Lipinski definition) is 2. The lowest BCUT2D eigenvalue weighted by Gasteiger charge is -2.20. The summed E-state index contributed by atoms with van der Waals surface area (Å²) >= 11 is 11.8. The molecule has 0 saturated carbocycles. The Morgan fingerprint density at radius 3 is 2.24 bits per heavy atom. The van der Waals surface area contributed by atoms with Gasteiger partial charge < -0.3 is 15.2 Å². The highest BCUT2D eigenvalue weighted by atomic mass is 35.5. The molecule has 0 radical (unpaired) electrons. The van der Waals surface area contributed by atoms with Crippen molar-refractivity contribution in [2.24, 2.45) is 0 Å². The number of benzene rings is 1. The molecule has 1 unspecified atom stereocenters. The van der Waals surface area contributed by atoms with Crippen LogP contribution in [0.2, 0.25) is 10.0 Å².